The molecule has 19 heavy (non-hydrogen) atoms. The molecule has 0 rings (SSSR count). The molecule has 0 aromatic rings. The molecule has 7 nitrogen and oxygen atoms in total. The summed E-state index contributed by atoms with van der Waals surface area (Å²) in [5.74, 6) is 0. The molecular weight excluding hydrogens is 288 g/mol. The maximum absolute atomic E-state index is 10.3. The van der Waals surface area contributed by atoms with Gasteiger partial charge in [0, 0.05) is 33.0 Å². The molecule has 0 saturated carbocycles. The van der Waals surface area contributed by atoms with Crippen LogP contribution < -0.4 is 0 Å². The molecule has 0 heterocycles. The number of rotatable bonds is 12. The third-order valence-electron chi connectivity index (χ3n) is 1.87. The maximum Gasteiger partial charge on any atom is 0.673 e. The van der Waals surface area contributed by atoms with E-state index in [0.29, 0.717) is 19.8 Å². The van der Waals surface area contributed by atoms with Crippen LogP contribution in [-0.2, 0) is 26.2 Å². The van der Waals surface area contributed by atoms with Gasteiger partial charge in [-0.15, -0.1) is 0 Å². The molecule has 0 aliphatic rings. The molecule has 0 aliphatic heterocycles. The zero-order valence-corrected chi connectivity index (χ0v) is 14.4. The largest absolute Gasteiger partial charge is 0.673 e. The highest BCUT2D eigenvalue weighted by molar-refractivity contribution is 6.67. The summed E-state index contributed by atoms with van der Waals surface area (Å²) < 4.78 is 32.4. The first kappa shape index (κ1) is 19.2. The highest BCUT2D eigenvalue weighted by Gasteiger charge is 2.57. The van der Waals surface area contributed by atoms with Gasteiger partial charge >= 0.3 is 18.1 Å². The van der Waals surface area contributed by atoms with Crippen LogP contribution in [0.2, 0.25) is 0 Å². The second kappa shape index (κ2) is 9.96. The highest BCUT2D eigenvalue weighted by Crippen LogP contribution is 2.19. The molecule has 0 aromatic heterocycles. The van der Waals surface area contributed by atoms with Gasteiger partial charge in [-0.25, -0.2) is 0 Å². The molecule has 0 atom stereocenters. The Morgan fingerprint density at radius 1 is 0.632 bits per heavy atom. The van der Waals surface area contributed by atoms with E-state index in [1.54, 1.807) is 34.6 Å². The second-order valence-corrected chi connectivity index (χ2v) is 7.60. The van der Waals surface area contributed by atoms with Crippen molar-refractivity contribution in [1.82, 2.24) is 0 Å². The Morgan fingerprint density at radius 3 is 1.21 bits per heavy atom. The summed E-state index contributed by atoms with van der Waals surface area (Å²) in [6.45, 7) is 10.4. The highest BCUT2D eigenvalue weighted by atomic mass is 28.5. The SMILES string of the molecule is CCO[Si](O)(OCC)O[Si](OCC)(OCC)OCC. The van der Waals surface area contributed by atoms with E-state index in [4.69, 9.17) is 26.2 Å². The zero-order chi connectivity index (χ0) is 14.8. The molecular formula is C10H26O7Si2. The molecule has 9 heteroatoms. The molecule has 1 N–H and O–H groups in total. The first-order valence-corrected chi connectivity index (χ1v) is 9.94. The Labute approximate surface area is 117 Å². The Hall–Kier alpha value is 0.154. The van der Waals surface area contributed by atoms with Crippen LogP contribution in [-0.4, -0.2) is 55.9 Å². The molecule has 0 unspecified atom stereocenters. The average molecular weight is 314 g/mol. The van der Waals surface area contributed by atoms with Gasteiger partial charge in [0.1, 0.15) is 0 Å². The van der Waals surface area contributed by atoms with E-state index < -0.39 is 18.1 Å². The first-order valence-electron chi connectivity index (χ1n) is 6.63. The van der Waals surface area contributed by atoms with Gasteiger partial charge in [0.05, 0.1) is 0 Å². The van der Waals surface area contributed by atoms with Gasteiger partial charge in [0.25, 0.3) is 0 Å². The van der Waals surface area contributed by atoms with E-state index in [2.05, 4.69) is 0 Å². The fourth-order valence-corrected chi connectivity index (χ4v) is 5.93. The lowest BCUT2D eigenvalue weighted by atomic mass is 10.9. The molecule has 0 aromatic carbocycles. The van der Waals surface area contributed by atoms with Crippen molar-refractivity contribution < 1.29 is 31.0 Å². The van der Waals surface area contributed by atoms with Gasteiger partial charge in [-0.3, -0.25) is 0 Å². The third kappa shape index (κ3) is 6.93. The van der Waals surface area contributed by atoms with Crippen molar-refractivity contribution in [2.45, 2.75) is 34.6 Å². The monoisotopic (exact) mass is 314 g/mol. The molecule has 0 aliphatic carbocycles. The van der Waals surface area contributed by atoms with Crippen molar-refractivity contribution in [3.05, 3.63) is 0 Å². The summed E-state index contributed by atoms with van der Waals surface area (Å²) in [7, 11) is -7.25. The summed E-state index contributed by atoms with van der Waals surface area (Å²) in [5, 5.41) is 0. The minimum atomic E-state index is -3.81. The molecule has 0 saturated heterocycles. The Kier molecular flexibility index (Phi) is 10.0. The average Bonchev–Trinajstić information content (AvgIpc) is 2.30. The van der Waals surface area contributed by atoms with Crippen molar-refractivity contribution in [2.24, 2.45) is 0 Å². The normalized spacial score (nSPS) is 12.9. The molecule has 0 fully saturated rings. The summed E-state index contributed by atoms with van der Waals surface area (Å²) in [6, 6.07) is 0. The smallest absolute Gasteiger partial charge is 0.368 e. The van der Waals surface area contributed by atoms with E-state index in [9.17, 15) is 4.80 Å². The van der Waals surface area contributed by atoms with Gasteiger partial charge in [0.15, 0.2) is 0 Å². The predicted molar refractivity (Wildman–Crippen MR) is 72.9 cm³/mol. The van der Waals surface area contributed by atoms with Crippen LogP contribution in [0.5, 0.6) is 0 Å². The number of hydrogen-bond donors (Lipinski definition) is 1. The standard InChI is InChI=1S/C10H26O7Si2/c1-6-12-18(11,13-7-2)17-19(14-8-3,15-9-4)16-10-5/h11H,6-10H2,1-5H3. The van der Waals surface area contributed by atoms with Crippen molar-refractivity contribution >= 4 is 18.1 Å². The quantitative estimate of drug-likeness (QED) is 0.540. The van der Waals surface area contributed by atoms with Crippen LogP contribution in [0.25, 0.3) is 0 Å². The summed E-state index contributed by atoms with van der Waals surface area (Å²) >= 11 is 0. The molecule has 0 amide bonds. The Morgan fingerprint density at radius 2 is 0.947 bits per heavy atom. The summed E-state index contributed by atoms with van der Waals surface area (Å²) in [5.41, 5.74) is 0. The van der Waals surface area contributed by atoms with Crippen LogP contribution >= 0.6 is 0 Å². The van der Waals surface area contributed by atoms with Gasteiger partial charge in [-0.05, 0) is 34.6 Å². The lowest BCUT2D eigenvalue weighted by Crippen LogP contribution is -2.60. The van der Waals surface area contributed by atoms with Crippen molar-refractivity contribution in [1.29, 1.82) is 0 Å². The van der Waals surface area contributed by atoms with E-state index in [1.807, 2.05) is 0 Å². The Bertz CT molecular complexity index is 207. The van der Waals surface area contributed by atoms with Crippen molar-refractivity contribution in [2.75, 3.05) is 33.0 Å². The topological polar surface area (TPSA) is 75.6 Å². The van der Waals surface area contributed by atoms with Crippen molar-refractivity contribution in [3.63, 3.8) is 0 Å². The fraction of sp³-hybridized carbons (Fsp3) is 1.00. The van der Waals surface area contributed by atoms with Gasteiger partial charge in [0.2, 0.25) is 0 Å². The summed E-state index contributed by atoms with van der Waals surface area (Å²) in [6.07, 6.45) is 0. The third-order valence-corrected chi connectivity index (χ3v) is 7.14. The molecule has 0 bridgehead atoms. The van der Waals surface area contributed by atoms with Gasteiger partial charge < -0.3 is 31.0 Å². The van der Waals surface area contributed by atoms with E-state index in [1.165, 1.54) is 0 Å². The Balaban J connectivity index is 4.99. The van der Waals surface area contributed by atoms with Gasteiger partial charge in [-0.2, -0.15) is 0 Å². The minimum absolute atomic E-state index is 0.261. The number of hydrogen-bond acceptors (Lipinski definition) is 7. The summed E-state index contributed by atoms with van der Waals surface area (Å²) in [4.78, 5) is 10.3. The van der Waals surface area contributed by atoms with Crippen LogP contribution in [0, 0.1) is 0 Å². The maximum atomic E-state index is 10.3. The fourth-order valence-electron chi connectivity index (χ4n) is 1.37. The predicted octanol–water partition coefficient (Wildman–Crippen LogP) is 1.05. The minimum Gasteiger partial charge on any atom is -0.368 e. The first-order chi connectivity index (χ1) is 9.01. The van der Waals surface area contributed by atoms with E-state index in [-0.39, 0.29) is 13.2 Å². The van der Waals surface area contributed by atoms with E-state index >= 15 is 0 Å². The zero-order valence-electron chi connectivity index (χ0n) is 12.4. The lowest BCUT2D eigenvalue weighted by molar-refractivity contribution is -0.0482. The second-order valence-electron chi connectivity index (χ2n) is 3.29. The molecule has 116 valence electrons. The van der Waals surface area contributed by atoms with Crippen LogP contribution in [0.15, 0.2) is 0 Å². The van der Waals surface area contributed by atoms with Gasteiger partial charge in [-0.1, -0.05) is 0 Å². The van der Waals surface area contributed by atoms with Crippen LogP contribution in [0.4, 0.5) is 0 Å². The molecule has 0 spiro atoms. The van der Waals surface area contributed by atoms with E-state index in [0.717, 1.165) is 0 Å². The van der Waals surface area contributed by atoms with Crippen molar-refractivity contribution in [3.8, 4) is 0 Å². The van der Waals surface area contributed by atoms with Crippen LogP contribution in [0.3, 0.4) is 0 Å². The van der Waals surface area contributed by atoms with Crippen LogP contribution in [0.1, 0.15) is 34.6 Å². The molecule has 0 radical (unpaired) electrons. The lowest BCUT2D eigenvalue weighted by Gasteiger charge is -2.32.